The quantitative estimate of drug-likeness (QED) is 0.451. The molecule has 114 valence electrons. The molecule has 21 heavy (non-hydrogen) atoms. The molecule has 0 saturated heterocycles. The molecular weight excluding hydrogens is 302 g/mol. The second kappa shape index (κ2) is 7.53. The van der Waals surface area contributed by atoms with E-state index < -0.39 is 33.7 Å². The number of aliphatic carboxylic acids is 1. The molecule has 0 aliphatic carbocycles. The topological polar surface area (TPSA) is 122 Å². The molecule has 0 radical (unpaired) electrons. The molecule has 0 aromatic carbocycles. The van der Waals surface area contributed by atoms with Crippen molar-refractivity contribution in [2.75, 3.05) is 0 Å². The van der Waals surface area contributed by atoms with Crippen LogP contribution in [0.2, 0.25) is 5.15 Å². The van der Waals surface area contributed by atoms with Gasteiger partial charge in [-0.3, -0.25) is 14.9 Å². The third-order valence-electron chi connectivity index (χ3n) is 2.76. The molecule has 0 aliphatic rings. The Morgan fingerprint density at radius 3 is 2.76 bits per heavy atom. The molecule has 0 aliphatic heterocycles. The first-order chi connectivity index (χ1) is 9.88. The van der Waals surface area contributed by atoms with Gasteiger partial charge in [0.2, 0.25) is 5.15 Å². The lowest BCUT2D eigenvalue weighted by atomic mass is 10.1. The van der Waals surface area contributed by atoms with E-state index in [1.165, 1.54) is 0 Å². The monoisotopic (exact) mass is 315 g/mol. The number of aromatic nitrogens is 1. The highest BCUT2D eigenvalue weighted by molar-refractivity contribution is 6.32. The Morgan fingerprint density at radius 2 is 2.24 bits per heavy atom. The van der Waals surface area contributed by atoms with Gasteiger partial charge in [0.25, 0.3) is 5.91 Å². The van der Waals surface area contributed by atoms with Gasteiger partial charge in [0, 0.05) is 6.20 Å². The van der Waals surface area contributed by atoms with Crippen LogP contribution in [-0.4, -0.2) is 32.9 Å². The molecule has 1 aromatic heterocycles. The molecule has 0 spiro atoms. The van der Waals surface area contributed by atoms with Gasteiger partial charge < -0.3 is 10.4 Å². The summed E-state index contributed by atoms with van der Waals surface area (Å²) in [4.78, 5) is 36.7. The zero-order valence-corrected chi connectivity index (χ0v) is 12.0. The lowest BCUT2D eigenvalue weighted by Gasteiger charge is -2.14. The molecular formula is C12H14ClN3O5. The van der Waals surface area contributed by atoms with Crippen molar-refractivity contribution in [3.8, 4) is 0 Å². The van der Waals surface area contributed by atoms with E-state index in [4.69, 9.17) is 16.7 Å². The highest BCUT2D eigenvalue weighted by atomic mass is 35.5. The number of hydrogen-bond donors (Lipinski definition) is 2. The SMILES string of the molecule is CCCC[C@H](NC(=O)c1ccnc(Cl)c1[N+](=O)[O-])C(=O)O. The average Bonchev–Trinajstić information content (AvgIpc) is 2.42. The van der Waals surface area contributed by atoms with Crippen LogP contribution in [0, 0.1) is 10.1 Å². The maximum atomic E-state index is 12.0. The molecule has 1 rings (SSSR count). The van der Waals surface area contributed by atoms with E-state index in [0.717, 1.165) is 18.7 Å². The molecule has 1 heterocycles. The Bertz CT molecular complexity index is 564. The lowest BCUT2D eigenvalue weighted by molar-refractivity contribution is -0.385. The van der Waals surface area contributed by atoms with Gasteiger partial charge in [0.05, 0.1) is 4.92 Å². The van der Waals surface area contributed by atoms with E-state index in [2.05, 4.69) is 10.3 Å². The van der Waals surface area contributed by atoms with Crippen LogP contribution in [0.5, 0.6) is 0 Å². The Hall–Kier alpha value is -2.22. The summed E-state index contributed by atoms with van der Waals surface area (Å²) >= 11 is 5.60. The summed E-state index contributed by atoms with van der Waals surface area (Å²) in [6, 6.07) is 0.0157. The molecule has 0 bridgehead atoms. The molecule has 1 aromatic rings. The van der Waals surface area contributed by atoms with Crippen LogP contribution in [0.15, 0.2) is 12.3 Å². The number of amides is 1. The number of halogens is 1. The average molecular weight is 316 g/mol. The molecule has 8 nitrogen and oxygen atoms in total. The number of pyridine rings is 1. The third-order valence-corrected chi connectivity index (χ3v) is 3.03. The van der Waals surface area contributed by atoms with Crippen LogP contribution >= 0.6 is 11.6 Å². The van der Waals surface area contributed by atoms with Crippen LogP contribution in [0.3, 0.4) is 0 Å². The first-order valence-electron chi connectivity index (χ1n) is 6.21. The van der Waals surface area contributed by atoms with Crippen molar-refractivity contribution in [1.29, 1.82) is 0 Å². The van der Waals surface area contributed by atoms with Gasteiger partial charge in [-0.25, -0.2) is 9.78 Å². The zero-order chi connectivity index (χ0) is 16.0. The number of nitrogens with zero attached hydrogens (tertiary/aromatic N) is 2. The number of nitro groups is 1. The second-order valence-electron chi connectivity index (χ2n) is 4.26. The summed E-state index contributed by atoms with van der Waals surface area (Å²) in [6.45, 7) is 1.88. The number of carboxylic acids is 1. The van der Waals surface area contributed by atoms with Crippen molar-refractivity contribution in [3.63, 3.8) is 0 Å². The predicted molar refractivity (Wildman–Crippen MR) is 74.3 cm³/mol. The fraction of sp³-hybridized carbons (Fsp3) is 0.417. The standard InChI is InChI=1S/C12H14ClN3O5/c1-2-3-4-8(12(18)19)15-11(17)7-5-6-14-10(13)9(7)16(20)21/h5-6,8H,2-4H2,1H3,(H,15,17)(H,18,19)/t8-/m0/s1. The van der Waals surface area contributed by atoms with Gasteiger partial charge in [0.15, 0.2) is 0 Å². The zero-order valence-electron chi connectivity index (χ0n) is 11.2. The Balaban J connectivity index is 3.00. The second-order valence-corrected chi connectivity index (χ2v) is 4.62. The summed E-state index contributed by atoms with van der Waals surface area (Å²) in [5, 5.41) is 21.8. The minimum Gasteiger partial charge on any atom is -0.480 e. The first kappa shape index (κ1) is 16.8. The summed E-state index contributed by atoms with van der Waals surface area (Å²) in [5.41, 5.74) is -0.959. The highest BCUT2D eigenvalue weighted by Gasteiger charge is 2.27. The van der Waals surface area contributed by atoms with Crippen molar-refractivity contribution in [1.82, 2.24) is 10.3 Å². The number of unbranched alkanes of at least 4 members (excludes halogenated alkanes) is 1. The number of carbonyl (C=O) groups is 2. The van der Waals surface area contributed by atoms with Crippen molar-refractivity contribution < 1.29 is 19.6 Å². The van der Waals surface area contributed by atoms with E-state index >= 15 is 0 Å². The largest absolute Gasteiger partial charge is 0.480 e. The Morgan fingerprint density at radius 1 is 1.57 bits per heavy atom. The maximum Gasteiger partial charge on any atom is 0.326 e. The number of carboxylic acid groups (broad SMARTS) is 1. The van der Waals surface area contributed by atoms with Crippen molar-refractivity contribution in [2.24, 2.45) is 0 Å². The highest BCUT2D eigenvalue weighted by Crippen LogP contribution is 2.25. The number of rotatable bonds is 7. The Labute approximate surface area is 125 Å². The van der Waals surface area contributed by atoms with Gasteiger partial charge in [-0.2, -0.15) is 0 Å². The van der Waals surface area contributed by atoms with E-state index in [9.17, 15) is 19.7 Å². The molecule has 0 fully saturated rings. The van der Waals surface area contributed by atoms with Crippen LogP contribution < -0.4 is 5.32 Å². The fourth-order valence-electron chi connectivity index (χ4n) is 1.69. The predicted octanol–water partition coefficient (Wildman–Crippen LogP) is 2.02. The van der Waals surface area contributed by atoms with Gasteiger partial charge >= 0.3 is 11.7 Å². The van der Waals surface area contributed by atoms with E-state index in [1.54, 1.807) is 0 Å². The number of nitrogens with one attached hydrogen (secondary N) is 1. The van der Waals surface area contributed by atoms with Gasteiger partial charge in [0.1, 0.15) is 11.6 Å². The van der Waals surface area contributed by atoms with Crippen LogP contribution in [0.1, 0.15) is 36.5 Å². The first-order valence-corrected chi connectivity index (χ1v) is 6.58. The number of carbonyl (C=O) groups excluding carboxylic acids is 1. The molecule has 9 heteroatoms. The summed E-state index contributed by atoms with van der Waals surface area (Å²) in [5.74, 6) is -2.06. The van der Waals surface area contributed by atoms with Crippen molar-refractivity contribution >= 4 is 29.2 Å². The third kappa shape index (κ3) is 4.38. The smallest absolute Gasteiger partial charge is 0.326 e. The molecule has 1 amide bonds. The summed E-state index contributed by atoms with van der Waals surface area (Å²) in [7, 11) is 0. The van der Waals surface area contributed by atoms with Crippen molar-refractivity contribution in [2.45, 2.75) is 32.2 Å². The molecule has 0 saturated carbocycles. The van der Waals surface area contributed by atoms with Crippen molar-refractivity contribution in [3.05, 3.63) is 33.1 Å². The molecule has 0 unspecified atom stereocenters. The lowest BCUT2D eigenvalue weighted by Crippen LogP contribution is -2.41. The van der Waals surface area contributed by atoms with Crippen LogP contribution in [-0.2, 0) is 4.79 Å². The van der Waals surface area contributed by atoms with Crippen LogP contribution in [0.4, 0.5) is 5.69 Å². The molecule has 2 N–H and O–H groups in total. The number of hydrogen-bond acceptors (Lipinski definition) is 5. The molecule has 1 atom stereocenters. The Kier molecular flexibility index (Phi) is 6.04. The van der Waals surface area contributed by atoms with E-state index in [-0.39, 0.29) is 12.0 Å². The minimum absolute atomic E-state index is 0.240. The van der Waals surface area contributed by atoms with Gasteiger partial charge in [-0.15, -0.1) is 0 Å². The van der Waals surface area contributed by atoms with Gasteiger partial charge in [-0.05, 0) is 12.5 Å². The maximum absolute atomic E-state index is 12.0. The van der Waals surface area contributed by atoms with Crippen LogP contribution in [0.25, 0.3) is 0 Å². The summed E-state index contributed by atoms with van der Waals surface area (Å²) < 4.78 is 0. The normalized spacial score (nSPS) is 11.7. The van der Waals surface area contributed by atoms with E-state index in [0.29, 0.717) is 6.42 Å². The summed E-state index contributed by atoms with van der Waals surface area (Å²) in [6.07, 6.45) is 2.76. The fourth-order valence-corrected chi connectivity index (χ4v) is 1.91. The minimum atomic E-state index is -1.19. The van der Waals surface area contributed by atoms with E-state index in [1.807, 2.05) is 6.92 Å². The van der Waals surface area contributed by atoms with Gasteiger partial charge in [-0.1, -0.05) is 31.4 Å².